The average molecular weight is 326 g/mol. The van der Waals surface area contributed by atoms with Crippen molar-refractivity contribution in [3.8, 4) is 22.5 Å². The van der Waals surface area contributed by atoms with E-state index in [1.54, 1.807) is 12.4 Å². The minimum absolute atomic E-state index is 0.788. The predicted octanol–water partition coefficient (Wildman–Crippen LogP) is 4.10. The van der Waals surface area contributed by atoms with Crippen molar-refractivity contribution in [3.63, 3.8) is 0 Å². The van der Waals surface area contributed by atoms with Crippen LogP contribution in [-0.4, -0.2) is 15.0 Å². The molecular formula is C16H12BrN3. The summed E-state index contributed by atoms with van der Waals surface area (Å²) in [6, 6.07) is 12.0. The van der Waals surface area contributed by atoms with Crippen LogP contribution in [0.15, 0.2) is 61.2 Å². The summed E-state index contributed by atoms with van der Waals surface area (Å²) in [4.78, 5) is 13.0. The van der Waals surface area contributed by atoms with Crippen LogP contribution in [0, 0.1) is 0 Å². The van der Waals surface area contributed by atoms with E-state index in [-0.39, 0.29) is 0 Å². The van der Waals surface area contributed by atoms with Crippen LogP contribution < -0.4 is 0 Å². The van der Waals surface area contributed by atoms with Gasteiger partial charge in [0.1, 0.15) is 0 Å². The molecule has 0 amide bonds. The van der Waals surface area contributed by atoms with Gasteiger partial charge in [0.2, 0.25) is 0 Å². The Hall–Kier alpha value is -2.07. The summed E-state index contributed by atoms with van der Waals surface area (Å²) in [7, 11) is 0. The SMILES string of the molecule is BrCc1cc(-c2cccnc2)nc(-c2cccnc2)c1. The van der Waals surface area contributed by atoms with Gasteiger partial charge < -0.3 is 0 Å². The molecule has 0 N–H and O–H groups in total. The first-order chi connectivity index (χ1) is 9.86. The molecule has 0 aromatic carbocycles. The molecule has 20 heavy (non-hydrogen) atoms. The summed E-state index contributed by atoms with van der Waals surface area (Å²) in [6.45, 7) is 0. The summed E-state index contributed by atoms with van der Waals surface area (Å²) in [5.74, 6) is 0. The third kappa shape index (κ3) is 2.75. The van der Waals surface area contributed by atoms with Gasteiger partial charge in [-0.05, 0) is 42.0 Å². The minimum atomic E-state index is 0.788. The molecule has 4 heteroatoms. The summed E-state index contributed by atoms with van der Waals surface area (Å²) in [6.07, 6.45) is 7.18. The Kier molecular flexibility index (Phi) is 3.83. The summed E-state index contributed by atoms with van der Waals surface area (Å²) in [5, 5.41) is 0.788. The number of pyridine rings is 3. The number of aromatic nitrogens is 3. The Morgan fingerprint density at radius 2 is 1.40 bits per heavy atom. The van der Waals surface area contributed by atoms with Crippen molar-refractivity contribution in [1.29, 1.82) is 0 Å². The number of alkyl halides is 1. The third-order valence-electron chi connectivity index (χ3n) is 2.95. The van der Waals surface area contributed by atoms with Gasteiger partial charge in [-0.2, -0.15) is 0 Å². The summed E-state index contributed by atoms with van der Waals surface area (Å²) >= 11 is 3.51. The lowest BCUT2D eigenvalue weighted by Crippen LogP contribution is -1.92. The van der Waals surface area contributed by atoms with E-state index in [1.807, 2.05) is 36.7 Å². The van der Waals surface area contributed by atoms with Crippen LogP contribution in [0.3, 0.4) is 0 Å². The maximum atomic E-state index is 4.72. The molecule has 3 rings (SSSR count). The zero-order chi connectivity index (χ0) is 13.8. The second-order valence-corrected chi connectivity index (χ2v) is 4.92. The molecule has 98 valence electrons. The lowest BCUT2D eigenvalue weighted by atomic mass is 10.1. The average Bonchev–Trinajstić information content (AvgIpc) is 2.56. The minimum Gasteiger partial charge on any atom is -0.264 e. The van der Waals surface area contributed by atoms with Gasteiger partial charge in [0.15, 0.2) is 0 Å². The molecule has 0 bridgehead atoms. The zero-order valence-corrected chi connectivity index (χ0v) is 12.3. The molecule has 0 saturated carbocycles. The van der Waals surface area contributed by atoms with Gasteiger partial charge in [0.25, 0.3) is 0 Å². The molecule has 0 saturated heterocycles. The molecule has 0 aliphatic carbocycles. The van der Waals surface area contributed by atoms with Crippen LogP contribution in [0.1, 0.15) is 5.56 Å². The van der Waals surface area contributed by atoms with Crippen LogP contribution in [0.2, 0.25) is 0 Å². The molecular weight excluding hydrogens is 314 g/mol. The van der Waals surface area contributed by atoms with E-state index in [4.69, 9.17) is 4.98 Å². The van der Waals surface area contributed by atoms with Crippen LogP contribution in [0.4, 0.5) is 0 Å². The maximum Gasteiger partial charge on any atom is 0.0728 e. The molecule has 0 aliphatic rings. The lowest BCUT2D eigenvalue weighted by Gasteiger charge is -2.07. The Morgan fingerprint density at radius 1 is 0.850 bits per heavy atom. The molecule has 0 aliphatic heterocycles. The van der Waals surface area contributed by atoms with E-state index in [0.29, 0.717) is 0 Å². The van der Waals surface area contributed by atoms with Gasteiger partial charge in [-0.15, -0.1) is 0 Å². The molecule has 3 aromatic rings. The van der Waals surface area contributed by atoms with Gasteiger partial charge >= 0.3 is 0 Å². The standard InChI is InChI=1S/C16H12BrN3/c17-9-12-7-15(13-3-1-5-18-10-13)20-16(8-12)14-4-2-6-19-11-14/h1-8,10-11H,9H2. The highest BCUT2D eigenvalue weighted by molar-refractivity contribution is 9.08. The van der Waals surface area contributed by atoms with Crippen LogP contribution in [0.5, 0.6) is 0 Å². The molecule has 0 unspecified atom stereocenters. The largest absolute Gasteiger partial charge is 0.264 e. The van der Waals surface area contributed by atoms with Crippen molar-refractivity contribution in [3.05, 3.63) is 66.7 Å². The van der Waals surface area contributed by atoms with Crippen molar-refractivity contribution >= 4 is 15.9 Å². The third-order valence-corrected chi connectivity index (χ3v) is 3.60. The second kappa shape index (κ2) is 5.92. The highest BCUT2D eigenvalue weighted by atomic mass is 79.9. The maximum absolute atomic E-state index is 4.72. The van der Waals surface area contributed by atoms with Gasteiger partial charge in [0.05, 0.1) is 11.4 Å². The summed E-state index contributed by atoms with van der Waals surface area (Å²) in [5.41, 5.74) is 5.06. The van der Waals surface area contributed by atoms with Gasteiger partial charge in [-0.25, -0.2) is 4.98 Å². The highest BCUT2D eigenvalue weighted by Crippen LogP contribution is 2.24. The molecule has 3 heterocycles. The predicted molar refractivity (Wildman–Crippen MR) is 83.3 cm³/mol. The van der Waals surface area contributed by atoms with E-state index < -0.39 is 0 Å². The zero-order valence-electron chi connectivity index (χ0n) is 10.7. The quantitative estimate of drug-likeness (QED) is 0.680. The van der Waals surface area contributed by atoms with E-state index >= 15 is 0 Å². The number of halogens is 1. The first kappa shape index (κ1) is 12.9. The molecule has 0 atom stereocenters. The van der Waals surface area contributed by atoms with Crippen molar-refractivity contribution in [1.82, 2.24) is 15.0 Å². The topological polar surface area (TPSA) is 38.7 Å². The molecule has 0 fully saturated rings. The van der Waals surface area contributed by atoms with Crippen molar-refractivity contribution in [2.75, 3.05) is 0 Å². The van der Waals surface area contributed by atoms with Gasteiger partial charge in [0, 0.05) is 41.2 Å². The van der Waals surface area contributed by atoms with Crippen molar-refractivity contribution in [2.24, 2.45) is 0 Å². The molecule has 0 radical (unpaired) electrons. The van der Waals surface area contributed by atoms with Crippen LogP contribution in [0.25, 0.3) is 22.5 Å². The number of hydrogen-bond donors (Lipinski definition) is 0. The Morgan fingerprint density at radius 3 is 1.80 bits per heavy atom. The van der Waals surface area contributed by atoms with E-state index in [2.05, 4.69) is 38.0 Å². The molecule has 3 nitrogen and oxygen atoms in total. The fraction of sp³-hybridized carbons (Fsp3) is 0.0625. The van der Waals surface area contributed by atoms with Crippen molar-refractivity contribution in [2.45, 2.75) is 5.33 Å². The van der Waals surface area contributed by atoms with Crippen LogP contribution in [-0.2, 0) is 5.33 Å². The molecule has 3 aromatic heterocycles. The van der Waals surface area contributed by atoms with Gasteiger partial charge in [-0.1, -0.05) is 15.9 Å². The first-order valence-electron chi connectivity index (χ1n) is 6.24. The lowest BCUT2D eigenvalue weighted by molar-refractivity contribution is 1.24. The van der Waals surface area contributed by atoms with E-state index in [1.165, 1.54) is 5.56 Å². The Labute approximate surface area is 125 Å². The fourth-order valence-corrected chi connectivity index (χ4v) is 2.31. The Balaban J connectivity index is 2.13. The summed E-state index contributed by atoms with van der Waals surface area (Å²) < 4.78 is 0. The smallest absolute Gasteiger partial charge is 0.0728 e. The Bertz CT molecular complexity index is 642. The highest BCUT2D eigenvalue weighted by Gasteiger charge is 2.06. The normalized spacial score (nSPS) is 10.4. The van der Waals surface area contributed by atoms with E-state index in [9.17, 15) is 0 Å². The number of hydrogen-bond acceptors (Lipinski definition) is 3. The monoisotopic (exact) mass is 325 g/mol. The van der Waals surface area contributed by atoms with Crippen LogP contribution >= 0.6 is 15.9 Å². The second-order valence-electron chi connectivity index (χ2n) is 4.36. The van der Waals surface area contributed by atoms with Gasteiger partial charge in [-0.3, -0.25) is 9.97 Å². The number of rotatable bonds is 3. The first-order valence-corrected chi connectivity index (χ1v) is 7.37. The van der Waals surface area contributed by atoms with Crippen molar-refractivity contribution < 1.29 is 0 Å². The molecule has 0 spiro atoms. The fourth-order valence-electron chi connectivity index (χ4n) is 1.99. The van der Waals surface area contributed by atoms with E-state index in [0.717, 1.165) is 27.8 Å². The number of nitrogens with zero attached hydrogens (tertiary/aromatic N) is 3.